The molecule has 0 atom stereocenters. The van der Waals surface area contributed by atoms with Gasteiger partial charge in [0, 0.05) is 50.2 Å². The molecule has 146 valence electrons. The first-order valence-corrected chi connectivity index (χ1v) is 9.06. The molecule has 0 saturated carbocycles. The van der Waals surface area contributed by atoms with Crippen LogP contribution in [0.15, 0.2) is 39.6 Å². The Morgan fingerprint density at radius 3 is 2.71 bits per heavy atom. The molecule has 3 aromatic heterocycles. The molecule has 4 rings (SSSR count). The average molecular weight is 383 g/mol. The number of pyridine rings is 1. The van der Waals surface area contributed by atoms with E-state index in [1.165, 1.54) is 0 Å². The number of aromatic nitrogens is 4. The molecule has 1 N–H and O–H groups in total. The summed E-state index contributed by atoms with van der Waals surface area (Å²) in [5, 5.41) is 10.5. The summed E-state index contributed by atoms with van der Waals surface area (Å²) in [5.41, 5.74) is 0.829. The van der Waals surface area contributed by atoms with Crippen LogP contribution < -0.4 is 5.32 Å². The van der Waals surface area contributed by atoms with Gasteiger partial charge >= 0.3 is 0 Å². The van der Waals surface area contributed by atoms with Crippen molar-refractivity contribution in [1.29, 1.82) is 0 Å². The SMILES string of the molecule is Cc1cc(NC(=O)CN2CCN(Cc3nc(-c4cccnc4)no3)CC2)no1. The second kappa shape index (κ2) is 8.28. The summed E-state index contributed by atoms with van der Waals surface area (Å²) in [4.78, 5) is 25.0. The fourth-order valence-corrected chi connectivity index (χ4v) is 3.04. The molecule has 0 radical (unpaired) electrons. The van der Waals surface area contributed by atoms with Gasteiger partial charge in [-0.3, -0.25) is 19.6 Å². The third-order valence-corrected chi connectivity index (χ3v) is 4.47. The molecule has 3 aromatic rings. The van der Waals surface area contributed by atoms with E-state index in [1.54, 1.807) is 25.4 Å². The van der Waals surface area contributed by atoms with E-state index in [1.807, 2.05) is 12.1 Å². The summed E-state index contributed by atoms with van der Waals surface area (Å²) in [6.45, 7) is 5.91. The Morgan fingerprint density at radius 1 is 1.18 bits per heavy atom. The fraction of sp³-hybridized carbons (Fsp3) is 0.389. The smallest absolute Gasteiger partial charge is 0.241 e. The summed E-state index contributed by atoms with van der Waals surface area (Å²) in [6, 6.07) is 5.43. The number of nitrogens with one attached hydrogen (secondary N) is 1. The Bertz CT molecular complexity index is 916. The lowest BCUT2D eigenvalue weighted by Gasteiger charge is -2.33. The number of amides is 1. The van der Waals surface area contributed by atoms with Gasteiger partial charge in [-0.2, -0.15) is 4.98 Å². The van der Waals surface area contributed by atoms with Gasteiger partial charge in [0.15, 0.2) is 5.82 Å². The number of anilines is 1. The van der Waals surface area contributed by atoms with Crippen LogP contribution >= 0.6 is 0 Å². The standard InChI is InChI=1S/C18H21N7O3/c1-13-9-15(22-27-13)20-16(26)11-24-5-7-25(8-6-24)12-17-21-18(23-28-17)14-3-2-4-19-10-14/h2-4,9-10H,5-8,11-12H2,1H3,(H,20,22,26). The molecular formula is C18H21N7O3. The number of hydrogen-bond donors (Lipinski definition) is 1. The maximum Gasteiger partial charge on any atom is 0.241 e. The number of piperazine rings is 1. The highest BCUT2D eigenvalue weighted by Crippen LogP contribution is 2.15. The van der Waals surface area contributed by atoms with Crippen molar-refractivity contribution in [2.24, 2.45) is 0 Å². The van der Waals surface area contributed by atoms with Gasteiger partial charge in [0.1, 0.15) is 5.76 Å². The third kappa shape index (κ3) is 4.59. The second-order valence-corrected chi connectivity index (χ2v) is 6.68. The summed E-state index contributed by atoms with van der Waals surface area (Å²) < 4.78 is 10.3. The van der Waals surface area contributed by atoms with Gasteiger partial charge in [-0.25, -0.2) is 0 Å². The first-order chi connectivity index (χ1) is 13.7. The average Bonchev–Trinajstić information content (AvgIpc) is 3.33. The first kappa shape index (κ1) is 18.3. The molecule has 10 heteroatoms. The Labute approximate surface area is 161 Å². The minimum Gasteiger partial charge on any atom is -0.360 e. The molecule has 0 aromatic carbocycles. The van der Waals surface area contributed by atoms with Gasteiger partial charge in [0.25, 0.3) is 0 Å². The van der Waals surface area contributed by atoms with Gasteiger partial charge in [-0.05, 0) is 19.1 Å². The molecule has 1 amide bonds. The second-order valence-electron chi connectivity index (χ2n) is 6.68. The minimum absolute atomic E-state index is 0.0974. The van der Waals surface area contributed by atoms with E-state index < -0.39 is 0 Å². The van der Waals surface area contributed by atoms with E-state index >= 15 is 0 Å². The van der Waals surface area contributed by atoms with E-state index in [0.717, 1.165) is 31.7 Å². The maximum absolute atomic E-state index is 12.1. The van der Waals surface area contributed by atoms with Gasteiger partial charge in [0.2, 0.25) is 17.6 Å². The maximum atomic E-state index is 12.1. The van der Waals surface area contributed by atoms with Crippen molar-refractivity contribution in [3.05, 3.63) is 42.2 Å². The molecule has 1 saturated heterocycles. The Kier molecular flexibility index (Phi) is 5.40. The van der Waals surface area contributed by atoms with Gasteiger partial charge in [-0.15, -0.1) is 0 Å². The lowest BCUT2D eigenvalue weighted by atomic mass is 10.3. The number of nitrogens with zero attached hydrogens (tertiary/aromatic N) is 6. The number of aryl methyl sites for hydroxylation is 1. The van der Waals surface area contributed by atoms with Crippen LogP contribution in [0.3, 0.4) is 0 Å². The quantitative estimate of drug-likeness (QED) is 0.670. The van der Waals surface area contributed by atoms with Crippen molar-refractivity contribution in [2.45, 2.75) is 13.5 Å². The summed E-state index contributed by atoms with van der Waals surface area (Å²) in [5.74, 6) is 2.13. The van der Waals surface area contributed by atoms with Crippen molar-refractivity contribution in [1.82, 2.24) is 30.1 Å². The predicted octanol–water partition coefficient (Wildman–Crippen LogP) is 1.18. The summed E-state index contributed by atoms with van der Waals surface area (Å²) in [7, 11) is 0. The van der Waals surface area contributed by atoms with Gasteiger partial charge in [0.05, 0.1) is 13.1 Å². The van der Waals surface area contributed by atoms with Crippen LogP contribution in [-0.2, 0) is 11.3 Å². The monoisotopic (exact) mass is 383 g/mol. The fourth-order valence-electron chi connectivity index (χ4n) is 3.04. The van der Waals surface area contributed by atoms with Gasteiger partial charge in [-0.1, -0.05) is 10.3 Å². The van der Waals surface area contributed by atoms with Crippen molar-refractivity contribution in [3.63, 3.8) is 0 Å². The molecular weight excluding hydrogens is 362 g/mol. The van der Waals surface area contributed by atoms with E-state index in [0.29, 0.717) is 36.4 Å². The molecule has 1 aliphatic heterocycles. The van der Waals surface area contributed by atoms with Crippen molar-refractivity contribution < 1.29 is 13.8 Å². The molecule has 1 aliphatic rings. The van der Waals surface area contributed by atoms with E-state index in [9.17, 15) is 4.79 Å². The predicted molar refractivity (Wildman–Crippen MR) is 99.1 cm³/mol. The van der Waals surface area contributed by atoms with Crippen LogP contribution in [0, 0.1) is 6.92 Å². The lowest BCUT2D eigenvalue weighted by Crippen LogP contribution is -2.48. The zero-order valence-electron chi connectivity index (χ0n) is 15.5. The highest BCUT2D eigenvalue weighted by atomic mass is 16.5. The topological polar surface area (TPSA) is 113 Å². The summed E-state index contributed by atoms with van der Waals surface area (Å²) in [6.07, 6.45) is 3.41. The molecule has 28 heavy (non-hydrogen) atoms. The highest BCUT2D eigenvalue weighted by Gasteiger charge is 2.21. The van der Waals surface area contributed by atoms with E-state index in [-0.39, 0.29) is 5.91 Å². The number of hydrogen-bond acceptors (Lipinski definition) is 9. The summed E-state index contributed by atoms with van der Waals surface area (Å²) >= 11 is 0. The lowest BCUT2D eigenvalue weighted by molar-refractivity contribution is -0.117. The van der Waals surface area contributed by atoms with Crippen LogP contribution in [0.4, 0.5) is 5.82 Å². The largest absolute Gasteiger partial charge is 0.360 e. The van der Waals surface area contributed by atoms with Crippen LogP contribution in [0.2, 0.25) is 0 Å². The molecule has 1 fully saturated rings. The van der Waals surface area contributed by atoms with Crippen molar-refractivity contribution >= 4 is 11.7 Å². The number of rotatable bonds is 6. The molecule has 0 aliphatic carbocycles. The number of carbonyl (C=O) groups is 1. The van der Waals surface area contributed by atoms with Crippen LogP contribution in [0.25, 0.3) is 11.4 Å². The van der Waals surface area contributed by atoms with Crippen LogP contribution in [0.5, 0.6) is 0 Å². The normalized spacial score (nSPS) is 15.6. The first-order valence-electron chi connectivity index (χ1n) is 9.06. The van der Waals surface area contributed by atoms with Gasteiger partial charge < -0.3 is 14.4 Å². The molecule has 0 bridgehead atoms. The minimum atomic E-state index is -0.0974. The molecule has 0 spiro atoms. The number of carbonyl (C=O) groups excluding carboxylic acids is 1. The Balaban J connectivity index is 1.23. The Morgan fingerprint density at radius 2 is 2.00 bits per heavy atom. The van der Waals surface area contributed by atoms with Crippen molar-refractivity contribution in [3.8, 4) is 11.4 Å². The molecule has 4 heterocycles. The molecule has 10 nitrogen and oxygen atoms in total. The van der Waals surface area contributed by atoms with Crippen molar-refractivity contribution in [2.75, 3.05) is 38.0 Å². The zero-order chi connectivity index (χ0) is 19.3. The third-order valence-electron chi connectivity index (χ3n) is 4.47. The zero-order valence-corrected chi connectivity index (χ0v) is 15.5. The van der Waals surface area contributed by atoms with Crippen LogP contribution in [-0.4, -0.2) is 68.7 Å². The molecule has 0 unspecified atom stereocenters. The van der Waals surface area contributed by atoms with Crippen LogP contribution in [0.1, 0.15) is 11.7 Å². The highest BCUT2D eigenvalue weighted by molar-refractivity contribution is 5.91. The van der Waals surface area contributed by atoms with E-state index in [4.69, 9.17) is 9.05 Å². The Hall–Kier alpha value is -3.11. The van der Waals surface area contributed by atoms with E-state index in [2.05, 4.69) is 35.4 Å².